The fraction of sp³-hybridized carbons (Fsp3) is 0.250. The zero-order valence-corrected chi connectivity index (χ0v) is 11.4. The fourth-order valence-corrected chi connectivity index (χ4v) is 2.41. The normalized spacial score (nSPS) is 11.3. The van der Waals surface area contributed by atoms with Gasteiger partial charge in [-0.15, -0.1) is 10.2 Å². The molecule has 3 rings (SSSR count). The summed E-state index contributed by atoms with van der Waals surface area (Å²) in [5.74, 6) is -1.19. The predicted octanol–water partition coefficient (Wildman–Crippen LogP) is 2.64. The van der Waals surface area contributed by atoms with Gasteiger partial charge < -0.3 is 14.1 Å². The standard InChI is InChI=1S/C12H11F2N5S/c1-2-18-6-15-17-9(18)5-19-11-8(16-12(19)20)4-3-7(13)10(11)14/h3-4,6H,2,5H2,1H3,(H,16,20). The second-order valence-corrected chi connectivity index (χ2v) is 4.69. The first-order valence-corrected chi connectivity index (χ1v) is 6.45. The van der Waals surface area contributed by atoms with E-state index in [1.807, 2.05) is 11.5 Å². The number of H-pyrrole nitrogens is 1. The first-order chi connectivity index (χ1) is 9.61. The average molecular weight is 295 g/mol. The molecule has 0 radical (unpaired) electrons. The number of rotatable bonds is 3. The molecule has 0 aliphatic carbocycles. The number of fused-ring (bicyclic) bond motifs is 1. The number of nitrogens with zero attached hydrogens (tertiary/aromatic N) is 4. The molecule has 5 nitrogen and oxygen atoms in total. The van der Waals surface area contributed by atoms with Crippen LogP contribution >= 0.6 is 12.2 Å². The summed E-state index contributed by atoms with van der Waals surface area (Å²) in [6.45, 7) is 2.86. The monoisotopic (exact) mass is 295 g/mol. The molecule has 0 aliphatic rings. The van der Waals surface area contributed by atoms with E-state index in [0.717, 1.165) is 6.07 Å². The lowest BCUT2D eigenvalue weighted by Crippen LogP contribution is -2.08. The van der Waals surface area contributed by atoms with Gasteiger partial charge in [0, 0.05) is 6.54 Å². The third kappa shape index (κ3) is 1.92. The van der Waals surface area contributed by atoms with Gasteiger partial charge in [0.05, 0.1) is 12.1 Å². The maximum absolute atomic E-state index is 14.0. The number of aromatic amines is 1. The zero-order valence-electron chi connectivity index (χ0n) is 10.6. The van der Waals surface area contributed by atoms with E-state index in [9.17, 15) is 8.78 Å². The molecule has 0 atom stereocenters. The first kappa shape index (κ1) is 12.9. The van der Waals surface area contributed by atoms with E-state index in [4.69, 9.17) is 12.2 Å². The van der Waals surface area contributed by atoms with Gasteiger partial charge in [0.15, 0.2) is 22.2 Å². The Bertz CT molecular complexity index is 832. The van der Waals surface area contributed by atoms with Crippen molar-refractivity contribution in [3.8, 4) is 0 Å². The number of hydrogen-bond acceptors (Lipinski definition) is 3. The zero-order chi connectivity index (χ0) is 14.3. The van der Waals surface area contributed by atoms with Crippen LogP contribution in [0.2, 0.25) is 0 Å². The van der Waals surface area contributed by atoms with Crippen molar-refractivity contribution in [2.45, 2.75) is 20.0 Å². The number of aromatic nitrogens is 5. The van der Waals surface area contributed by atoms with E-state index in [2.05, 4.69) is 15.2 Å². The van der Waals surface area contributed by atoms with E-state index in [-0.39, 0.29) is 12.1 Å². The quantitative estimate of drug-likeness (QED) is 0.756. The van der Waals surface area contributed by atoms with Gasteiger partial charge in [0.1, 0.15) is 11.8 Å². The van der Waals surface area contributed by atoms with Crippen LogP contribution in [-0.2, 0) is 13.1 Å². The van der Waals surface area contributed by atoms with Crippen LogP contribution in [0, 0.1) is 16.4 Å². The molecular formula is C12H11F2N5S. The smallest absolute Gasteiger partial charge is 0.184 e. The number of benzene rings is 1. The second-order valence-electron chi connectivity index (χ2n) is 4.31. The maximum atomic E-state index is 14.0. The fourth-order valence-electron chi connectivity index (χ4n) is 2.15. The summed E-state index contributed by atoms with van der Waals surface area (Å²) < 4.78 is 31.0. The van der Waals surface area contributed by atoms with E-state index >= 15 is 0 Å². The van der Waals surface area contributed by atoms with Crippen molar-refractivity contribution >= 4 is 23.3 Å². The molecule has 0 saturated carbocycles. The number of hydrogen-bond donors (Lipinski definition) is 1. The molecule has 0 aliphatic heterocycles. The van der Waals surface area contributed by atoms with Gasteiger partial charge in [0.2, 0.25) is 0 Å². The van der Waals surface area contributed by atoms with Crippen LogP contribution < -0.4 is 0 Å². The van der Waals surface area contributed by atoms with Gasteiger partial charge in [-0.25, -0.2) is 8.78 Å². The van der Waals surface area contributed by atoms with E-state index in [0.29, 0.717) is 22.7 Å². The highest BCUT2D eigenvalue weighted by Gasteiger charge is 2.15. The van der Waals surface area contributed by atoms with Crippen molar-refractivity contribution < 1.29 is 8.78 Å². The molecule has 0 saturated heterocycles. The first-order valence-electron chi connectivity index (χ1n) is 6.05. The van der Waals surface area contributed by atoms with Gasteiger partial charge in [-0.1, -0.05) is 0 Å². The van der Waals surface area contributed by atoms with Gasteiger partial charge in [-0.3, -0.25) is 0 Å². The van der Waals surface area contributed by atoms with Crippen molar-refractivity contribution in [1.29, 1.82) is 0 Å². The van der Waals surface area contributed by atoms with Crippen molar-refractivity contribution in [3.05, 3.63) is 40.7 Å². The Morgan fingerprint density at radius 3 is 2.90 bits per heavy atom. The molecule has 3 aromatic rings. The van der Waals surface area contributed by atoms with Crippen LogP contribution in [0.4, 0.5) is 8.78 Å². The van der Waals surface area contributed by atoms with Crippen LogP contribution in [0.5, 0.6) is 0 Å². The van der Waals surface area contributed by atoms with Crippen LogP contribution in [0.1, 0.15) is 12.7 Å². The third-order valence-corrected chi connectivity index (χ3v) is 3.48. The topological polar surface area (TPSA) is 51.4 Å². The lowest BCUT2D eigenvalue weighted by Gasteiger charge is -2.06. The molecule has 8 heteroatoms. The summed E-state index contributed by atoms with van der Waals surface area (Å²) in [4.78, 5) is 2.86. The van der Waals surface area contributed by atoms with E-state index in [1.165, 1.54) is 10.6 Å². The Morgan fingerprint density at radius 2 is 2.15 bits per heavy atom. The molecule has 0 fully saturated rings. The minimum absolute atomic E-state index is 0.112. The molecule has 0 amide bonds. The molecule has 104 valence electrons. The summed E-state index contributed by atoms with van der Waals surface area (Å²) in [7, 11) is 0. The van der Waals surface area contributed by atoms with Gasteiger partial charge in [0.25, 0.3) is 0 Å². The van der Waals surface area contributed by atoms with Crippen molar-refractivity contribution in [2.75, 3.05) is 0 Å². The van der Waals surface area contributed by atoms with Gasteiger partial charge in [-0.05, 0) is 31.3 Å². The Labute approximate surface area is 117 Å². The Balaban J connectivity index is 2.19. The van der Waals surface area contributed by atoms with Crippen LogP contribution in [0.3, 0.4) is 0 Å². The molecule has 1 N–H and O–H groups in total. The van der Waals surface area contributed by atoms with Crippen molar-refractivity contribution in [1.82, 2.24) is 24.3 Å². The van der Waals surface area contributed by atoms with Crippen LogP contribution in [-0.4, -0.2) is 24.3 Å². The van der Waals surface area contributed by atoms with Gasteiger partial charge >= 0.3 is 0 Å². The van der Waals surface area contributed by atoms with E-state index in [1.54, 1.807) is 6.33 Å². The highest BCUT2D eigenvalue weighted by molar-refractivity contribution is 7.71. The average Bonchev–Trinajstić information content (AvgIpc) is 3.00. The molecular weight excluding hydrogens is 284 g/mol. The molecule has 1 aromatic carbocycles. The largest absolute Gasteiger partial charge is 0.330 e. The highest BCUT2D eigenvalue weighted by atomic mass is 32.1. The lowest BCUT2D eigenvalue weighted by molar-refractivity contribution is 0.511. The molecule has 0 bridgehead atoms. The number of aryl methyl sites for hydroxylation is 1. The SMILES string of the molecule is CCn1cnnc1Cn1c(=S)[nH]c2ccc(F)c(F)c21. The Hall–Kier alpha value is -2.09. The van der Waals surface area contributed by atoms with Gasteiger partial charge in [-0.2, -0.15) is 0 Å². The molecule has 2 aromatic heterocycles. The minimum Gasteiger partial charge on any atom is -0.330 e. The lowest BCUT2D eigenvalue weighted by atomic mass is 10.3. The molecule has 0 unspecified atom stereocenters. The summed E-state index contributed by atoms with van der Waals surface area (Å²) >= 11 is 5.17. The van der Waals surface area contributed by atoms with Crippen molar-refractivity contribution in [3.63, 3.8) is 0 Å². The second kappa shape index (κ2) is 4.78. The maximum Gasteiger partial charge on any atom is 0.184 e. The number of imidazole rings is 1. The number of nitrogens with one attached hydrogen (secondary N) is 1. The van der Waals surface area contributed by atoms with E-state index < -0.39 is 11.6 Å². The molecule has 0 spiro atoms. The van der Waals surface area contributed by atoms with Crippen LogP contribution in [0.25, 0.3) is 11.0 Å². The van der Waals surface area contributed by atoms with Crippen LogP contribution in [0.15, 0.2) is 18.5 Å². The summed E-state index contributed by atoms with van der Waals surface area (Å²) in [5, 5.41) is 7.79. The summed E-state index contributed by atoms with van der Waals surface area (Å²) in [6, 6.07) is 2.53. The highest BCUT2D eigenvalue weighted by Crippen LogP contribution is 2.21. The predicted molar refractivity (Wildman–Crippen MR) is 71.8 cm³/mol. The molecule has 20 heavy (non-hydrogen) atoms. The minimum atomic E-state index is -0.919. The summed E-state index contributed by atoms with van der Waals surface area (Å²) in [5.41, 5.74) is 0.567. The third-order valence-electron chi connectivity index (χ3n) is 3.16. The molecule has 2 heterocycles. The Morgan fingerprint density at radius 1 is 1.35 bits per heavy atom. The van der Waals surface area contributed by atoms with Crippen molar-refractivity contribution in [2.24, 2.45) is 0 Å². The summed E-state index contributed by atoms with van der Waals surface area (Å²) in [6.07, 6.45) is 1.59. The number of halogens is 2. The Kier molecular flexibility index (Phi) is 3.09.